The Morgan fingerprint density at radius 3 is 2.27 bits per heavy atom. The van der Waals surface area contributed by atoms with Gasteiger partial charge in [-0.3, -0.25) is 4.79 Å². The lowest BCUT2D eigenvalue weighted by Gasteiger charge is -2.28. The first-order valence-corrected chi connectivity index (χ1v) is 14.5. The van der Waals surface area contributed by atoms with Gasteiger partial charge in [0.05, 0.1) is 5.56 Å². The van der Waals surface area contributed by atoms with Gasteiger partial charge in [-0.15, -0.1) is 0 Å². The second-order valence-electron chi connectivity index (χ2n) is 10.5. The summed E-state index contributed by atoms with van der Waals surface area (Å²) in [4.78, 5) is 27.8. The van der Waals surface area contributed by atoms with Crippen molar-refractivity contribution < 1.29 is 27.8 Å². The van der Waals surface area contributed by atoms with E-state index in [1.807, 2.05) is 55.5 Å². The molecular weight excluding hydrogens is 524 g/mol. The number of nitrogens with zero attached hydrogens (tertiary/aromatic N) is 1. The number of esters is 1. The molecule has 7 heteroatoms. The van der Waals surface area contributed by atoms with Gasteiger partial charge >= 0.3 is 5.97 Å². The minimum atomic E-state index is -1.17. The van der Waals surface area contributed by atoms with Crippen LogP contribution in [0, 0.1) is 11.6 Å². The minimum Gasteiger partial charge on any atom is -0.476 e. The smallest absolute Gasteiger partial charge is 0.350 e. The summed E-state index contributed by atoms with van der Waals surface area (Å²) >= 11 is 0. The van der Waals surface area contributed by atoms with E-state index in [1.54, 1.807) is 17.9 Å². The summed E-state index contributed by atoms with van der Waals surface area (Å²) in [6.45, 7) is 6.72. The zero-order valence-electron chi connectivity index (χ0n) is 24.3. The van der Waals surface area contributed by atoms with Gasteiger partial charge in [-0.2, -0.15) is 0 Å². The Bertz CT molecular complexity index is 1270. The van der Waals surface area contributed by atoms with Gasteiger partial charge < -0.3 is 14.4 Å². The highest BCUT2D eigenvalue weighted by Crippen LogP contribution is 2.25. The molecule has 220 valence electrons. The SMILES string of the molecule is CCCCCCCN(CCc1cccc(OC(C)(CC)C(=O)OCc2ccccc2)c1)C(=O)c1ccc(F)cc1F. The molecule has 0 aromatic heterocycles. The van der Waals surface area contributed by atoms with E-state index in [9.17, 15) is 18.4 Å². The average Bonchev–Trinajstić information content (AvgIpc) is 2.97. The number of hydrogen-bond acceptors (Lipinski definition) is 4. The zero-order valence-corrected chi connectivity index (χ0v) is 24.3. The first-order chi connectivity index (χ1) is 19.8. The van der Waals surface area contributed by atoms with E-state index in [0.29, 0.717) is 31.7 Å². The van der Waals surface area contributed by atoms with Gasteiger partial charge in [0.1, 0.15) is 24.0 Å². The third-order valence-electron chi connectivity index (χ3n) is 7.21. The van der Waals surface area contributed by atoms with Gasteiger partial charge in [0.15, 0.2) is 0 Å². The number of halogens is 2. The molecule has 0 spiro atoms. The number of hydrogen-bond donors (Lipinski definition) is 0. The van der Waals surface area contributed by atoms with Crippen molar-refractivity contribution in [2.24, 2.45) is 0 Å². The lowest BCUT2D eigenvalue weighted by molar-refractivity contribution is -0.162. The fourth-order valence-corrected chi connectivity index (χ4v) is 4.48. The molecule has 3 aromatic rings. The quantitative estimate of drug-likeness (QED) is 0.131. The Kier molecular flexibility index (Phi) is 12.3. The fourth-order valence-electron chi connectivity index (χ4n) is 4.48. The lowest BCUT2D eigenvalue weighted by atomic mass is 10.0. The standard InChI is InChI=1S/C34H41F2NO4/c1-4-6-7-8-12-21-37(32(38)30-19-18-28(35)24-31(30)36)22-20-26-16-13-17-29(23-26)41-34(3,5-2)33(39)40-25-27-14-10-9-11-15-27/h9-11,13-19,23-24H,4-8,12,20-22,25H2,1-3H3. The van der Waals surface area contributed by atoms with Gasteiger partial charge in [-0.1, -0.05) is 82.0 Å². The molecule has 0 N–H and O–H groups in total. The molecule has 0 heterocycles. The highest BCUT2D eigenvalue weighted by atomic mass is 19.1. The normalized spacial score (nSPS) is 12.4. The van der Waals surface area contributed by atoms with Crippen LogP contribution in [0.2, 0.25) is 0 Å². The van der Waals surface area contributed by atoms with E-state index in [-0.39, 0.29) is 12.2 Å². The van der Waals surface area contributed by atoms with Crippen molar-refractivity contribution in [1.82, 2.24) is 4.90 Å². The maximum absolute atomic E-state index is 14.4. The minimum absolute atomic E-state index is 0.134. The summed E-state index contributed by atoms with van der Waals surface area (Å²) in [5.41, 5.74) is 0.492. The Hall–Kier alpha value is -3.74. The predicted molar refractivity (Wildman–Crippen MR) is 157 cm³/mol. The molecule has 1 atom stereocenters. The number of unbranched alkanes of at least 4 members (excludes halogenated alkanes) is 4. The number of carbonyl (C=O) groups is 2. The Morgan fingerprint density at radius 2 is 1.56 bits per heavy atom. The largest absolute Gasteiger partial charge is 0.476 e. The lowest BCUT2D eigenvalue weighted by Crippen LogP contribution is -2.42. The molecule has 0 saturated carbocycles. The molecule has 0 saturated heterocycles. The van der Waals surface area contributed by atoms with Crippen molar-refractivity contribution in [2.45, 2.75) is 77.9 Å². The van der Waals surface area contributed by atoms with Crippen molar-refractivity contribution in [1.29, 1.82) is 0 Å². The van der Waals surface area contributed by atoms with E-state index in [2.05, 4.69) is 6.92 Å². The van der Waals surface area contributed by atoms with Crippen molar-refractivity contribution in [3.05, 3.63) is 101 Å². The van der Waals surface area contributed by atoms with Crippen molar-refractivity contribution in [3.63, 3.8) is 0 Å². The third-order valence-corrected chi connectivity index (χ3v) is 7.21. The summed E-state index contributed by atoms with van der Waals surface area (Å²) in [5.74, 6) is -1.96. The highest BCUT2D eigenvalue weighted by molar-refractivity contribution is 5.94. The van der Waals surface area contributed by atoms with Crippen molar-refractivity contribution in [3.8, 4) is 5.75 Å². The molecule has 0 aliphatic heterocycles. The van der Waals surface area contributed by atoms with Gasteiger partial charge in [-0.25, -0.2) is 13.6 Å². The van der Waals surface area contributed by atoms with E-state index >= 15 is 0 Å². The molecule has 0 radical (unpaired) electrons. The molecule has 1 unspecified atom stereocenters. The predicted octanol–water partition coefficient (Wildman–Crippen LogP) is 7.91. The van der Waals surface area contributed by atoms with Crippen LogP contribution in [-0.2, 0) is 22.6 Å². The van der Waals surface area contributed by atoms with Crippen LogP contribution >= 0.6 is 0 Å². The number of benzene rings is 3. The highest BCUT2D eigenvalue weighted by Gasteiger charge is 2.35. The molecule has 0 bridgehead atoms. The molecule has 3 aromatic carbocycles. The van der Waals surface area contributed by atoms with Crippen molar-refractivity contribution >= 4 is 11.9 Å². The molecule has 0 aliphatic rings. The Morgan fingerprint density at radius 1 is 0.829 bits per heavy atom. The molecule has 0 aliphatic carbocycles. The van der Waals surface area contributed by atoms with Crippen LogP contribution in [0.15, 0.2) is 72.8 Å². The topological polar surface area (TPSA) is 55.8 Å². The van der Waals surface area contributed by atoms with Crippen LogP contribution in [0.5, 0.6) is 5.75 Å². The average molecular weight is 566 g/mol. The van der Waals surface area contributed by atoms with Crippen LogP contribution in [0.4, 0.5) is 8.78 Å². The number of carbonyl (C=O) groups excluding carboxylic acids is 2. The molecule has 3 rings (SSSR count). The maximum Gasteiger partial charge on any atom is 0.350 e. The zero-order chi connectivity index (χ0) is 29.7. The monoisotopic (exact) mass is 565 g/mol. The van der Waals surface area contributed by atoms with Crippen LogP contribution < -0.4 is 4.74 Å². The molecule has 0 fully saturated rings. The van der Waals surface area contributed by atoms with Crippen LogP contribution in [0.1, 0.15) is 80.8 Å². The third kappa shape index (κ3) is 9.69. The number of rotatable bonds is 16. The molecular formula is C34H41F2NO4. The Balaban J connectivity index is 1.67. The first-order valence-electron chi connectivity index (χ1n) is 14.5. The van der Waals surface area contributed by atoms with E-state index < -0.39 is 29.1 Å². The van der Waals surface area contributed by atoms with Gasteiger partial charge in [0.2, 0.25) is 5.60 Å². The van der Waals surface area contributed by atoms with Gasteiger partial charge in [0, 0.05) is 19.2 Å². The molecule has 5 nitrogen and oxygen atoms in total. The van der Waals surface area contributed by atoms with Crippen LogP contribution in [0.3, 0.4) is 0 Å². The number of ether oxygens (including phenoxy) is 2. The van der Waals surface area contributed by atoms with Gasteiger partial charge in [0.25, 0.3) is 5.91 Å². The summed E-state index contributed by atoms with van der Waals surface area (Å²) in [7, 11) is 0. The van der Waals surface area contributed by atoms with E-state index in [4.69, 9.17) is 9.47 Å². The summed E-state index contributed by atoms with van der Waals surface area (Å²) in [6, 6.07) is 19.9. The number of amides is 1. The summed E-state index contributed by atoms with van der Waals surface area (Å²) in [6.07, 6.45) is 6.01. The first kappa shape index (κ1) is 31.8. The second kappa shape index (κ2) is 15.9. The Labute approximate surface area is 242 Å². The molecule has 1 amide bonds. The summed E-state index contributed by atoms with van der Waals surface area (Å²) < 4.78 is 39.6. The van der Waals surface area contributed by atoms with Gasteiger partial charge in [-0.05, 0) is 61.6 Å². The summed E-state index contributed by atoms with van der Waals surface area (Å²) in [5, 5.41) is 0. The van der Waals surface area contributed by atoms with Crippen LogP contribution in [0.25, 0.3) is 0 Å². The molecule has 41 heavy (non-hydrogen) atoms. The van der Waals surface area contributed by atoms with E-state index in [1.165, 1.54) is 6.07 Å². The second-order valence-corrected chi connectivity index (χ2v) is 10.5. The van der Waals surface area contributed by atoms with E-state index in [0.717, 1.165) is 55.4 Å². The van der Waals surface area contributed by atoms with Crippen molar-refractivity contribution in [2.75, 3.05) is 13.1 Å². The fraction of sp³-hybridized carbons (Fsp3) is 0.412. The maximum atomic E-state index is 14.4. The van der Waals surface area contributed by atoms with Crippen LogP contribution in [-0.4, -0.2) is 35.5 Å².